The Kier molecular flexibility index (Phi) is 4.56. The number of amides is 1. The van der Waals surface area contributed by atoms with Crippen molar-refractivity contribution in [2.75, 3.05) is 0 Å². The molecule has 4 heteroatoms. The highest BCUT2D eigenvalue weighted by Crippen LogP contribution is 2.18. The first-order chi connectivity index (χ1) is 9.60. The highest BCUT2D eigenvalue weighted by Gasteiger charge is 2.16. The van der Waals surface area contributed by atoms with Gasteiger partial charge in [-0.25, -0.2) is 0 Å². The summed E-state index contributed by atoms with van der Waals surface area (Å²) in [6, 6.07) is 9.86. The number of carbonyl (C=O) groups is 1. The maximum atomic E-state index is 11.9. The minimum absolute atomic E-state index is 0.104. The van der Waals surface area contributed by atoms with Crippen molar-refractivity contribution in [1.82, 2.24) is 10.3 Å². The molecule has 1 heterocycles. The Bertz CT molecular complexity index is 598. The zero-order valence-electron chi connectivity index (χ0n) is 12.1. The number of nitrogens with zero attached hydrogens (tertiary/aromatic N) is 1. The third-order valence-corrected chi connectivity index (χ3v) is 3.25. The van der Waals surface area contributed by atoms with Crippen molar-refractivity contribution in [3.8, 4) is 5.75 Å². The average molecular weight is 272 g/mol. The number of pyridine rings is 1. The topological polar surface area (TPSA) is 51.2 Å². The fourth-order valence-electron chi connectivity index (χ4n) is 1.84. The Morgan fingerprint density at radius 3 is 2.85 bits per heavy atom. The summed E-state index contributed by atoms with van der Waals surface area (Å²) in [5.74, 6) is 0.503. The Morgan fingerprint density at radius 2 is 2.10 bits per heavy atom. The van der Waals surface area contributed by atoms with Crippen LogP contribution in [0.3, 0.4) is 0 Å². The number of hydrogen-bond donors (Lipinski definition) is 1. The van der Waals surface area contributed by atoms with E-state index in [2.05, 4.69) is 10.3 Å². The van der Waals surface area contributed by atoms with E-state index >= 15 is 0 Å². The monoisotopic (exact) mass is 272 g/mol. The summed E-state index contributed by atoms with van der Waals surface area (Å²) >= 11 is 0. The first kappa shape index (κ1) is 14.3. The third-order valence-electron chi connectivity index (χ3n) is 3.25. The summed E-state index contributed by atoms with van der Waals surface area (Å²) in [7, 11) is 0. The lowest BCUT2D eigenvalue weighted by molar-refractivity contribution is -0.127. The van der Waals surface area contributed by atoms with Crippen molar-refractivity contribution >= 4 is 16.8 Å². The van der Waals surface area contributed by atoms with Crippen LogP contribution in [-0.2, 0) is 4.79 Å². The molecule has 20 heavy (non-hydrogen) atoms. The molecule has 0 spiro atoms. The molecule has 1 aromatic heterocycles. The second-order valence-electron chi connectivity index (χ2n) is 4.94. The van der Waals surface area contributed by atoms with Crippen molar-refractivity contribution in [2.45, 2.75) is 39.3 Å². The first-order valence-corrected chi connectivity index (χ1v) is 6.92. The molecule has 0 saturated carbocycles. The van der Waals surface area contributed by atoms with Crippen LogP contribution in [0.25, 0.3) is 10.9 Å². The Balaban J connectivity index is 2.05. The van der Waals surface area contributed by atoms with Crippen LogP contribution in [0.4, 0.5) is 0 Å². The Morgan fingerprint density at radius 1 is 1.35 bits per heavy atom. The van der Waals surface area contributed by atoms with Gasteiger partial charge in [-0.15, -0.1) is 0 Å². The number of aromatic nitrogens is 1. The van der Waals surface area contributed by atoms with Gasteiger partial charge in [-0.3, -0.25) is 9.78 Å². The molecule has 0 radical (unpaired) electrons. The quantitative estimate of drug-likeness (QED) is 0.910. The average Bonchev–Trinajstić information content (AvgIpc) is 2.46. The van der Waals surface area contributed by atoms with Crippen LogP contribution >= 0.6 is 0 Å². The van der Waals surface area contributed by atoms with Crippen molar-refractivity contribution in [1.29, 1.82) is 0 Å². The summed E-state index contributed by atoms with van der Waals surface area (Å²) in [5, 5.41) is 3.90. The van der Waals surface area contributed by atoms with E-state index in [1.807, 2.05) is 44.2 Å². The number of fused-ring (bicyclic) bond motifs is 1. The fourth-order valence-corrected chi connectivity index (χ4v) is 1.84. The lowest BCUT2D eigenvalue weighted by atomic mass is 10.2. The van der Waals surface area contributed by atoms with Gasteiger partial charge in [-0.05, 0) is 32.4 Å². The van der Waals surface area contributed by atoms with E-state index in [1.54, 1.807) is 13.1 Å². The number of hydrogen-bond acceptors (Lipinski definition) is 3. The number of benzene rings is 1. The van der Waals surface area contributed by atoms with Gasteiger partial charge in [0.15, 0.2) is 6.10 Å². The van der Waals surface area contributed by atoms with E-state index in [4.69, 9.17) is 4.74 Å². The van der Waals surface area contributed by atoms with Gasteiger partial charge in [0, 0.05) is 11.4 Å². The summed E-state index contributed by atoms with van der Waals surface area (Å²) in [6.45, 7) is 5.75. The van der Waals surface area contributed by atoms with Crippen LogP contribution in [0, 0.1) is 0 Å². The van der Waals surface area contributed by atoms with E-state index in [-0.39, 0.29) is 11.9 Å². The predicted octanol–water partition coefficient (Wildman–Crippen LogP) is 2.92. The van der Waals surface area contributed by atoms with Crippen molar-refractivity contribution < 1.29 is 9.53 Å². The molecule has 0 aliphatic carbocycles. The third kappa shape index (κ3) is 3.47. The van der Waals surface area contributed by atoms with Gasteiger partial charge < -0.3 is 10.1 Å². The molecular weight excluding hydrogens is 252 g/mol. The van der Waals surface area contributed by atoms with E-state index in [0.717, 1.165) is 17.3 Å². The van der Waals surface area contributed by atoms with Gasteiger partial charge in [0.2, 0.25) is 0 Å². The summed E-state index contributed by atoms with van der Waals surface area (Å²) in [4.78, 5) is 16.2. The van der Waals surface area contributed by atoms with Crippen LogP contribution in [-0.4, -0.2) is 23.0 Å². The SMILES string of the molecule is CCC(C)NC(=O)C(C)Oc1cnc2ccccc2c1. The maximum Gasteiger partial charge on any atom is 0.260 e. The predicted molar refractivity (Wildman–Crippen MR) is 79.7 cm³/mol. The van der Waals surface area contributed by atoms with Crippen LogP contribution < -0.4 is 10.1 Å². The molecule has 0 aliphatic rings. The van der Waals surface area contributed by atoms with E-state index < -0.39 is 6.10 Å². The van der Waals surface area contributed by atoms with Crippen LogP contribution in [0.5, 0.6) is 5.75 Å². The van der Waals surface area contributed by atoms with Crippen LogP contribution in [0.15, 0.2) is 36.5 Å². The number of carbonyl (C=O) groups excluding carboxylic acids is 1. The Labute approximate surface area is 119 Å². The zero-order chi connectivity index (χ0) is 14.5. The molecule has 2 aromatic rings. The molecule has 0 bridgehead atoms. The number of rotatable bonds is 5. The summed E-state index contributed by atoms with van der Waals surface area (Å²) < 4.78 is 5.66. The smallest absolute Gasteiger partial charge is 0.260 e. The van der Waals surface area contributed by atoms with E-state index in [1.165, 1.54) is 0 Å². The van der Waals surface area contributed by atoms with Gasteiger partial charge in [-0.1, -0.05) is 25.1 Å². The number of nitrogens with one attached hydrogen (secondary N) is 1. The number of para-hydroxylation sites is 1. The minimum atomic E-state index is -0.535. The largest absolute Gasteiger partial charge is 0.479 e. The van der Waals surface area contributed by atoms with Gasteiger partial charge in [0.05, 0.1) is 11.7 Å². The normalized spacial score (nSPS) is 13.8. The molecule has 1 aromatic carbocycles. The van der Waals surface area contributed by atoms with E-state index in [0.29, 0.717) is 5.75 Å². The summed E-state index contributed by atoms with van der Waals surface area (Å²) in [5.41, 5.74) is 0.913. The highest BCUT2D eigenvalue weighted by molar-refractivity contribution is 5.82. The molecule has 2 rings (SSSR count). The molecule has 106 valence electrons. The zero-order valence-corrected chi connectivity index (χ0v) is 12.1. The van der Waals surface area contributed by atoms with Gasteiger partial charge in [0.1, 0.15) is 5.75 Å². The van der Waals surface area contributed by atoms with Gasteiger partial charge >= 0.3 is 0 Å². The maximum absolute atomic E-state index is 11.9. The van der Waals surface area contributed by atoms with Gasteiger partial charge in [0.25, 0.3) is 5.91 Å². The second kappa shape index (κ2) is 6.37. The lowest BCUT2D eigenvalue weighted by Gasteiger charge is -2.17. The van der Waals surface area contributed by atoms with E-state index in [9.17, 15) is 4.79 Å². The molecule has 1 N–H and O–H groups in total. The molecular formula is C16H20N2O2. The molecule has 2 unspecified atom stereocenters. The standard InChI is InChI=1S/C16H20N2O2/c1-4-11(2)18-16(19)12(3)20-14-9-13-7-5-6-8-15(13)17-10-14/h5-12H,4H2,1-3H3,(H,18,19). The van der Waals surface area contributed by atoms with Gasteiger partial charge in [-0.2, -0.15) is 0 Å². The highest BCUT2D eigenvalue weighted by atomic mass is 16.5. The van der Waals surface area contributed by atoms with Crippen molar-refractivity contribution in [2.24, 2.45) is 0 Å². The van der Waals surface area contributed by atoms with Crippen LogP contribution in [0.1, 0.15) is 27.2 Å². The molecule has 0 saturated heterocycles. The minimum Gasteiger partial charge on any atom is -0.479 e. The lowest BCUT2D eigenvalue weighted by Crippen LogP contribution is -2.40. The van der Waals surface area contributed by atoms with Crippen molar-refractivity contribution in [3.05, 3.63) is 36.5 Å². The molecule has 0 aliphatic heterocycles. The molecule has 2 atom stereocenters. The van der Waals surface area contributed by atoms with Crippen LogP contribution in [0.2, 0.25) is 0 Å². The number of ether oxygens (including phenoxy) is 1. The second-order valence-corrected chi connectivity index (χ2v) is 4.94. The summed E-state index contributed by atoms with van der Waals surface area (Å²) in [6.07, 6.45) is 2.01. The Hall–Kier alpha value is -2.10. The molecule has 1 amide bonds. The molecule has 0 fully saturated rings. The molecule has 4 nitrogen and oxygen atoms in total. The fraction of sp³-hybridized carbons (Fsp3) is 0.375. The van der Waals surface area contributed by atoms with Crippen molar-refractivity contribution in [3.63, 3.8) is 0 Å². The first-order valence-electron chi connectivity index (χ1n) is 6.92.